The zero-order valence-electron chi connectivity index (χ0n) is 10.4. The van der Waals surface area contributed by atoms with Crippen LogP contribution >= 0.6 is 11.9 Å². The van der Waals surface area contributed by atoms with Gasteiger partial charge in [-0.25, -0.2) is 5.10 Å². The first-order chi connectivity index (χ1) is 9.70. The van der Waals surface area contributed by atoms with Crippen molar-refractivity contribution < 1.29 is 10.0 Å². The molecule has 0 saturated heterocycles. The van der Waals surface area contributed by atoms with Gasteiger partial charge < -0.3 is 5.11 Å². The summed E-state index contributed by atoms with van der Waals surface area (Å²) in [6.45, 7) is 0.0856. The lowest BCUT2D eigenvalue weighted by atomic mass is 10.3. The third-order valence-corrected chi connectivity index (χ3v) is 3.27. The number of nitrogens with one attached hydrogen (secondary N) is 2. The Labute approximate surface area is 118 Å². The highest BCUT2D eigenvalue weighted by atomic mass is 32.2. The van der Waals surface area contributed by atoms with Crippen molar-refractivity contribution in [3.8, 4) is 0 Å². The van der Waals surface area contributed by atoms with Gasteiger partial charge >= 0.3 is 0 Å². The molecule has 0 atom stereocenters. The predicted molar refractivity (Wildman–Crippen MR) is 74.4 cm³/mol. The Hall–Kier alpha value is -2.13. The van der Waals surface area contributed by atoms with E-state index in [-0.39, 0.29) is 12.3 Å². The zero-order chi connectivity index (χ0) is 14.4. The molecule has 0 bridgehead atoms. The molecule has 2 rings (SSSR count). The number of aromatic amines is 1. The van der Waals surface area contributed by atoms with Crippen molar-refractivity contribution in [3.63, 3.8) is 0 Å². The number of hydrogen-bond acceptors (Lipinski definition) is 7. The number of aryl methyl sites for hydroxylation is 1. The SMILES string of the molecule is O=[N+]([O-])c1ccccc1SNc1nc(CCCO)n[nH]1. The molecule has 0 unspecified atom stereocenters. The summed E-state index contributed by atoms with van der Waals surface area (Å²) in [5, 5.41) is 26.2. The number of nitrogens with zero attached hydrogens (tertiary/aromatic N) is 3. The van der Waals surface area contributed by atoms with E-state index in [1.165, 1.54) is 6.07 Å². The molecule has 9 heteroatoms. The van der Waals surface area contributed by atoms with Gasteiger partial charge in [-0.05, 0) is 24.4 Å². The van der Waals surface area contributed by atoms with Crippen LogP contribution in [0.4, 0.5) is 11.6 Å². The van der Waals surface area contributed by atoms with E-state index < -0.39 is 4.92 Å². The summed E-state index contributed by atoms with van der Waals surface area (Å²) >= 11 is 1.09. The minimum Gasteiger partial charge on any atom is -0.396 e. The highest BCUT2D eigenvalue weighted by molar-refractivity contribution is 8.00. The van der Waals surface area contributed by atoms with Gasteiger partial charge in [-0.1, -0.05) is 12.1 Å². The number of anilines is 1. The summed E-state index contributed by atoms with van der Waals surface area (Å²) in [7, 11) is 0. The standard InChI is InChI=1S/C11H13N5O3S/c17-7-3-6-10-12-11(14-13-10)15-20-9-5-2-1-4-8(9)16(18)19/h1-2,4-5,17H,3,6-7H2,(H2,12,13,14,15). The average Bonchev–Trinajstić information content (AvgIpc) is 2.91. The molecule has 0 aliphatic rings. The maximum atomic E-state index is 10.9. The topological polar surface area (TPSA) is 117 Å². The number of nitro groups is 1. The van der Waals surface area contributed by atoms with Crippen LogP contribution in [0.15, 0.2) is 29.2 Å². The average molecular weight is 295 g/mol. The summed E-state index contributed by atoms with van der Waals surface area (Å²) in [6.07, 6.45) is 1.17. The Kier molecular flexibility index (Phi) is 4.91. The minimum absolute atomic E-state index is 0.0324. The van der Waals surface area contributed by atoms with Gasteiger partial charge in [0.1, 0.15) is 4.90 Å². The van der Waals surface area contributed by atoms with Gasteiger partial charge in [-0.15, -0.1) is 0 Å². The quantitative estimate of drug-likeness (QED) is 0.404. The molecule has 3 N–H and O–H groups in total. The normalized spacial score (nSPS) is 10.4. The fourth-order valence-corrected chi connectivity index (χ4v) is 2.18. The van der Waals surface area contributed by atoms with Crippen molar-refractivity contribution in [1.82, 2.24) is 15.2 Å². The number of nitro benzene ring substituents is 1. The molecule has 1 aromatic carbocycles. The van der Waals surface area contributed by atoms with Gasteiger partial charge in [0.2, 0.25) is 5.95 Å². The van der Waals surface area contributed by atoms with Gasteiger partial charge in [0, 0.05) is 19.1 Å². The minimum atomic E-state index is -0.433. The van der Waals surface area contributed by atoms with E-state index in [4.69, 9.17) is 5.11 Å². The maximum Gasteiger partial charge on any atom is 0.284 e. The monoisotopic (exact) mass is 295 g/mol. The summed E-state index contributed by atoms with van der Waals surface area (Å²) in [4.78, 5) is 15.1. The number of hydrogen-bond donors (Lipinski definition) is 3. The van der Waals surface area contributed by atoms with Gasteiger partial charge in [-0.2, -0.15) is 10.1 Å². The third-order valence-electron chi connectivity index (χ3n) is 2.41. The first kappa shape index (κ1) is 14.3. The molecule has 8 nitrogen and oxygen atoms in total. The first-order valence-corrected chi connectivity index (χ1v) is 6.71. The van der Waals surface area contributed by atoms with Gasteiger partial charge in [0.15, 0.2) is 5.82 Å². The largest absolute Gasteiger partial charge is 0.396 e. The van der Waals surface area contributed by atoms with E-state index in [0.717, 1.165) is 11.9 Å². The summed E-state index contributed by atoms with van der Waals surface area (Å²) in [5.74, 6) is 1.01. The van der Waals surface area contributed by atoms with Crippen molar-refractivity contribution in [3.05, 3.63) is 40.2 Å². The molecule has 1 heterocycles. The van der Waals surface area contributed by atoms with E-state index in [9.17, 15) is 10.1 Å². The van der Waals surface area contributed by atoms with Crippen molar-refractivity contribution in [2.24, 2.45) is 0 Å². The van der Waals surface area contributed by atoms with Crippen LogP contribution in [-0.2, 0) is 6.42 Å². The Morgan fingerprint density at radius 3 is 3.00 bits per heavy atom. The Morgan fingerprint density at radius 2 is 2.25 bits per heavy atom. The smallest absolute Gasteiger partial charge is 0.284 e. The zero-order valence-corrected chi connectivity index (χ0v) is 11.3. The summed E-state index contributed by atoms with van der Waals surface area (Å²) in [6, 6.07) is 6.43. The number of benzene rings is 1. The molecule has 2 aromatic rings. The van der Waals surface area contributed by atoms with Crippen LogP contribution in [-0.4, -0.2) is 31.8 Å². The molecule has 0 aliphatic carbocycles. The Bertz CT molecular complexity index is 589. The maximum absolute atomic E-state index is 10.9. The molecule has 0 saturated carbocycles. The number of aliphatic hydroxyl groups excluding tert-OH is 1. The van der Waals surface area contributed by atoms with E-state index in [1.54, 1.807) is 18.2 Å². The molecular formula is C11H13N5O3S. The second-order valence-corrected chi connectivity index (χ2v) is 4.70. The molecule has 1 aromatic heterocycles. The summed E-state index contributed by atoms with van der Waals surface area (Å²) < 4.78 is 2.87. The van der Waals surface area contributed by atoms with Gasteiger partial charge in [0.25, 0.3) is 5.69 Å². The van der Waals surface area contributed by atoms with Crippen molar-refractivity contribution in [1.29, 1.82) is 0 Å². The number of aliphatic hydroxyl groups is 1. The molecular weight excluding hydrogens is 282 g/mol. The summed E-state index contributed by atoms with van der Waals surface area (Å²) in [5.41, 5.74) is 0.0324. The van der Waals surface area contributed by atoms with Crippen LogP contribution in [0.5, 0.6) is 0 Å². The Morgan fingerprint density at radius 1 is 1.45 bits per heavy atom. The fraction of sp³-hybridized carbons (Fsp3) is 0.273. The number of H-pyrrole nitrogens is 1. The molecule has 106 valence electrons. The number of rotatable bonds is 7. The van der Waals surface area contributed by atoms with E-state index in [0.29, 0.717) is 29.5 Å². The fourth-order valence-electron chi connectivity index (χ4n) is 1.49. The highest BCUT2D eigenvalue weighted by Crippen LogP contribution is 2.28. The lowest BCUT2D eigenvalue weighted by Gasteiger charge is -2.02. The van der Waals surface area contributed by atoms with Crippen LogP contribution in [0.2, 0.25) is 0 Å². The van der Waals surface area contributed by atoms with Crippen LogP contribution in [0.3, 0.4) is 0 Å². The lowest BCUT2D eigenvalue weighted by molar-refractivity contribution is -0.387. The highest BCUT2D eigenvalue weighted by Gasteiger charge is 2.13. The molecule has 0 aliphatic heterocycles. The van der Waals surface area contributed by atoms with Crippen LogP contribution in [0, 0.1) is 10.1 Å². The van der Waals surface area contributed by atoms with Crippen molar-refractivity contribution in [2.75, 3.05) is 11.3 Å². The van der Waals surface area contributed by atoms with Crippen molar-refractivity contribution >= 4 is 23.6 Å². The molecule has 0 spiro atoms. The number of aromatic nitrogens is 3. The lowest BCUT2D eigenvalue weighted by Crippen LogP contribution is -1.94. The van der Waals surface area contributed by atoms with Gasteiger partial charge in [0.05, 0.1) is 4.92 Å². The van der Waals surface area contributed by atoms with Gasteiger partial charge in [-0.3, -0.25) is 14.8 Å². The van der Waals surface area contributed by atoms with E-state index >= 15 is 0 Å². The second-order valence-electron chi connectivity index (χ2n) is 3.86. The molecule has 0 fully saturated rings. The Balaban J connectivity index is 1.98. The number of para-hydroxylation sites is 1. The van der Waals surface area contributed by atoms with E-state index in [2.05, 4.69) is 19.9 Å². The van der Waals surface area contributed by atoms with Crippen LogP contribution in [0.1, 0.15) is 12.2 Å². The molecule has 0 radical (unpaired) electrons. The van der Waals surface area contributed by atoms with Crippen LogP contribution < -0.4 is 4.72 Å². The second kappa shape index (κ2) is 6.87. The van der Waals surface area contributed by atoms with E-state index in [1.807, 2.05) is 0 Å². The van der Waals surface area contributed by atoms with Crippen molar-refractivity contribution in [2.45, 2.75) is 17.7 Å². The molecule has 0 amide bonds. The predicted octanol–water partition coefficient (Wildman–Crippen LogP) is 1.76. The third kappa shape index (κ3) is 3.68. The van der Waals surface area contributed by atoms with Crippen LogP contribution in [0.25, 0.3) is 0 Å². The molecule has 20 heavy (non-hydrogen) atoms. The first-order valence-electron chi connectivity index (χ1n) is 5.89.